The van der Waals surface area contributed by atoms with E-state index in [0.29, 0.717) is 5.92 Å². The molecular formula is C16H18N2O2. The summed E-state index contributed by atoms with van der Waals surface area (Å²) in [5, 5.41) is 0. The van der Waals surface area contributed by atoms with Crippen LogP contribution in [0.2, 0.25) is 0 Å². The van der Waals surface area contributed by atoms with Crippen LogP contribution in [0.25, 0.3) is 11.0 Å². The number of ether oxygens (including phenoxy) is 2. The number of aromatic nitrogens is 2. The molecule has 1 aliphatic heterocycles. The summed E-state index contributed by atoms with van der Waals surface area (Å²) in [7, 11) is 0. The third-order valence-electron chi connectivity index (χ3n) is 5.09. The molecule has 0 bridgehead atoms. The number of nitrogens with one attached hydrogen (secondary N) is 1. The summed E-state index contributed by atoms with van der Waals surface area (Å²) in [6.45, 7) is 1.45. The highest BCUT2D eigenvalue weighted by molar-refractivity contribution is 5.80. The average molecular weight is 270 g/mol. The Labute approximate surface area is 117 Å². The minimum Gasteiger partial charge on any atom is -0.489 e. The van der Waals surface area contributed by atoms with E-state index in [9.17, 15) is 0 Å². The summed E-state index contributed by atoms with van der Waals surface area (Å²) in [5.41, 5.74) is 2.09. The number of hydrogen-bond donors (Lipinski definition) is 1. The highest BCUT2D eigenvalue weighted by atomic mass is 16.5. The number of nitrogens with zero attached hydrogens (tertiary/aromatic N) is 1. The highest BCUT2D eigenvalue weighted by Gasteiger charge is 2.54. The fourth-order valence-corrected chi connectivity index (χ4v) is 4.07. The second kappa shape index (κ2) is 3.90. The molecule has 3 aliphatic rings. The van der Waals surface area contributed by atoms with Crippen molar-refractivity contribution in [1.29, 1.82) is 0 Å². The van der Waals surface area contributed by atoms with Crippen molar-refractivity contribution >= 4 is 11.0 Å². The first-order valence-electron chi connectivity index (χ1n) is 7.69. The number of aromatic amines is 1. The maximum atomic E-state index is 5.74. The molecule has 0 spiro atoms. The van der Waals surface area contributed by atoms with E-state index >= 15 is 0 Å². The van der Waals surface area contributed by atoms with Gasteiger partial charge in [-0.25, -0.2) is 4.98 Å². The van der Waals surface area contributed by atoms with Crippen molar-refractivity contribution in [2.45, 2.75) is 31.6 Å². The van der Waals surface area contributed by atoms with Gasteiger partial charge in [-0.2, -0.15) is 0 Å². The molecule has 0 saturated heterocycles. The van der Waals surface area contributed by atoms with Crippen LogP contribution in [-0.2, 0) is 0 Å². The molecule has 2 saturated carbocycles. The van der Waals surface area contributed by atoms with Crippen LogP contribution in [0.5, 0.6) is 11.5 Å². The van der Waals surface area contributed by atoms with Crippen LogP contribution < -0.4 is 9.47 Å². The normalized spacial score (nSPS) is 31.1. The zero-order valence-corrected chi connectivity index (χ0v) is 11.4. The molecule has 20 heavy (non-hydrogen) atoms. The van der Waals surface area contributed by atoms with Crippen molar-refractivity contribution in [1.82, 2.24) is 9.97 Å². The molecule has 2 atom stereocenters. The standard InChI is InChI=1S/C16H18N2O2/c1-3-9-10(4-1)15(9)16-17-11-7-13-14(8-12(11)18-16)20-6-2-5-19-13/h7-10,15H,1-6H2,(H,17,18). The van der Waals surface area contributed by atoms with Gasteiger partial charge in [-0.15, -0.1) is 0 Å². The summed E-state index contributed by atoms with van der Waals surface area (Å²) in [6, 6.07) is 4.07. The second-order valence-electron chi connectivity index (χ2n) is 6.27. The van der Waals surface area contributed by atoms with E-state index in [1.165, 1.54) is 25.1 Å². The van der Waals surface area contributed by atoms with E-state index in [2.05, 4.69) is 4.98 Å². The first-order valence-corrected chi connectivity index (χ1v) is 7.69. The second-order valence-corrected chi connectivity index (χ2v) is 6.27. The van der Waals surface area contributed by atoms with E-state index in [1.807, 2.05) is 12.1 Å². The summed E-state index contributed by atoms with van der Waals surface area (Å²) < 4.78 is 11.5. The Bertz CT molecular complexity index is 625. The molecule has 2 fully saturated rings. The molecule has 2 unspecified atom stereocenters. The topological polar surface area (TPSA) is 47.1 Å². The predicted molar refractivity (Wildman–Crippen MR) is 75.3 cm³/mol. The molecule has 2 aromatic rings. The van der Waals surface area contributed by atoms with Gasteiger partial charge in [0, 0.05) is 24.5 Å². The highest BCUT2D eigenvalue weighted by Crippen LogP contribution is 2.62. The van der Waals surface area contributed by atoms with E-state index in [0.717, 1.165) is 54.0 Å². The molecule has 0 amide bonds. The number of fused-ring (bicyclic) bond motifs is 3. The molecule has 4 heteroatoms. The zero-order chi connectivity index (χ0) is 13.1. The maximum Gasteiger partial charge on any atom is 0.163 e. The fourth-order valence-electron chi connectivity index (χ4n) is 4.07. The summed E-state index contributed by atoms with van der Waals surface area (Å²) >= 11 is 0. The number of hydrogen-bond acceptors (Lipinski definition) is 3. The maximum absolute atomic E-state index is 5.74. The van der Waals surface area contributed by atoms with Crippen LogP contribution in [0, 0.1) is 11.8 Å². The Morgan fingerprint density at radius 2 is 1.75 bits per heavy atom. The van der Waals surface area contributed by atoms with Crippen LogP contribution in [0.1, 0.15) is 37.4 Å². The van der Waals surface area contributed by atoms with Gasteiger partial charge in [0.2, 0.25) is 0 Å². The average Bonchev–Trinajstić information content (AvgIpc) is 2.79. The molecule has 2 heterocycles. The number of rotatable bonds is 1. The third kappa shape index (κ3) is 1.51. The van der Waals surface area contributed by atoms with Gasteiger partial charge in [0.15, 0.2) is 11.5 Å². The van der Waals surface area contributed by atoms with Gasteiger partial charge in [0.1, 0.15) is 5.82 Å². The van der Waals surface area contributed by atoms with Gasteiger partial charge in [-0.05, 0) is 24.7 Å². The SMILES string of the molecule is c1c2c(cc3[nH]c(C4C5CCCC54)nc13)OCCCO2. The lowest BCUT2D eigenvalue weighted by molar-refractivity contribution is 0.297. The number of imidazole rings is 1. The lowest BCUT2D eigenvalue weighted by Gasteiger charge is -2.05. The Balaban J connectivity index is 1.55. The lowest BCUT2D eigenvalue weighted by atomic mass is 10.1. The molecule has 2 aliphatic carbocycles. The minimum atomic E-state index is 0.679. The molecule has 104 valence electrons. The molecule has 1 N–H and O–H groups in total. The van der Waals surface area contributed by atoms with Crippen LogP contribution in [0.4, 0.5) is 0 Å². The number of H-pyrrole nitrogens is 1. The molecule has 1 aromatic carbocycles. The number of benzene rings is 1. The molecule has 0 radical (unpaired) electrons. The van der Waals surface area contributed by atoms with Crippen LogP contribution >= 0.6 is 0 Å². The van der Waals surface area contributed by atoms with Crippen molar-refractivity contribution in [3.05, 3.63) is 18.0 Å². The molecule has 5 rings (SSSR count). The Morgan fingerprint density at radius 1 is 1.00 bits per heavy atom. The van der Waals surface area contributed by atoms with Crippen molar-refractivity contribution in [3.63, 3.8) is 0 Å². The summed E-state index contributed by atoms with van der Waals surface area (Å²) in [5.74, 6) is 5.32. The summed E-state index contributed by atoms with van der Waals surface area (Å²) in [6.07, 6.45) is 5.11. The van der Waals surface area contributed by atoms with Gasteiger partial charge in [0.25, 0.3) is 0 Å². The van der Waals surface area contributed by atoms with Crippen LogP contribution in [-0.4, -0.2) is 23.2 Å². The molecule has 4 nitrogen and oxygen atoms in total. The third-order valence-corrected chi connectivity index (χ3v) is 5.09. The van der Waals surface area contributed by atoms with Crippen molar-refractivity contribution in [2.24, 2.45) is 11.8 Å². The quantitative estimate of drug-likeness (QED) is 0.865. The van der Waals surface area contributed by atoms with Crippen LogP contribution in [0.3, 0.4) is 0 Å². The van der Waals surface area contributed by atoms with E-state index in [-0.39, 0.29) is 0 Å². The van der Waals surface area contributed by atoms with Gasteiger partial charge in [0.05, 0.1) is 24.2 Å². The van der Waals surface area contributed by atoms with Gasteiger partial charge < -0.3 is 14.5 Å². The Hall–Kier alpha value is -1.71. The van der Waals surface area contributed by atoms with E-state index in [4.69, 9.17) is 14.5 Å². The van der Waals surface area contributed by atoms with E-state index in [1.54, 1.807) is 0 Å². The monoisotopic (exact) mass is 270 g/mol. The first-order chi connectivity index (χ1) is 9.90. The molecule has 1 aromatic heterocycles. The Kier molecular flexibility index (Phi) is 2.15. The van der Waals surface area contributed by atoms with Crippen molar-refractivity contribution < 1.29 is 9.47 Å². The van der Waals surface area contributed by atoms with Crippen molar-refractivity contribution in [2.75, 3.05) is 13.2 Å². The fraction of sp³-hybridized carbons (Fsp3) is 0.562. The van der Waals surface area contributed by atoms with Gasteiger partial charge in [-0.3, -0.25) is 0 Å². The van der Waals surface area contributed by atoms with Crippen LogP contribution in [0.15, 0.2) is 12.1 Å². The smallest absolute Gasteiger partial charge is 0.163 e. The largest absolute Gasteiger partial charge is 0.489 e. The molecular weight excluding hydrogens is 252 g/mol. The lowest BCUT2D eigenvalue weighted by Crippen LogP contribution is -1.97. The first kappa shape index (κ1) is 11.0. The van der Waals surface area contributed by atoms with Gasteiger partial charge >= 0.3 is 0 Å². The summed E-state index contributed by atoms with van der Waals surface area (Å²) in [4.78, 5) is 8.31. The Morgan fingerprint density at radius 3 is 2.55 bits per heavy atom. The predicted octanol–water partition coefficient (Wildman–Crippen LogP) is 3.24. The zero-order valence-electron chi connectivity index (χ0n) is 11.4. The van der Waals surface area contributed by atoms with E-state index < -0.39 is 0 Å². The van der Waals surface area contributed by atoms with Gasteiger partial charge in [-0.1, -0.05) is 6.42 Å². The van der Waals surface area contributed by atoms with Crippen molar-refractivity contribution in [3.8, 4) is 11.5 Å². The minimum absolute atomic E-state index is 0.679.